The molecule has 6 nitrogen and oxygen atoms in total. The molecule has 0 aromatic carbocycles. The molecule has 0 saturated heterocycles. The third-order valence-corrected chi connectivity index (χ3v) is 3.66. The normalized spacial score (nSPS) is 16.4. The molecule has 1 atom stereocenters. The summed E-state index contributed by atoms with van der Waals surface area (Å²) in [6.45, 7) is 10.7. The monoisotopic (exact) mass is 280 g/mol. The highest BCUT2D eigenvalue weighted by Crippen LogP contribution is 2.14. The van der Waals surface area contributed by atoms with Gasteiger partial charge in [0.2, 0.25) is 0 Å². The average molecular weight is 280 g/mol. The van der Waals surface area contributed by atoms with Gasteiger partial charge >= 0.3 is 0 Å². The van der Waals surface area contributed by atoms with Crippen molar-refractivity contribution in [1.82, 2.24) is 19.7 Å². The molecular weight excluding hydrogens is 256 g/mol. The highest BCUT2D eigenvalue weighted by Gasteiger charge is 2.26. The lowest BCUT2D eigenvalue weighted by atomic mass is 10.1. The minimum Gasteiger partial charge on any atom is -0.369 e. The molecule has 6 heteroatoms. The van der Waals surface area contributed by atoms with Crippen molar-refractivity contribution in [3.63, 3.8) is 0 Å². The summed E-state index contributed by atoms with van der Waals surface area (Å²) < 4.78 is 7.69. The van der Waals surface area contributed by atoms with E-state index in [4.69, 9.17) is 4.74 Å². The first-order chi connectivity index (χ1) is 9.49. The zero-order valence-electron chi connectivity index (χ0n) is 12.8. The van der Waals surface area contributed by atoms with Gasteiger partial charge in [-0.15, -0.1) is 10.2 Å². The Kier molecular flexibility index (Phi) is 4.75. The van der Waals surface area contributed by atoms with Gasteiger partial charge in [0.05, 0.1) is 6.54 Å². The van der Waals surface area contributed by atoms with Gasteiger partial charge in [0.25, 0.3) is 5.91 Å². The van der Waals surface area contributed by atoms with E-state index >= 15 is 0 Å². The Morgan fingerprint density at radius 3 is 2.75 bits per heavy atom. The SMILES string of the molecule is Cc1nnc2n1CCN(C(=O)[C@@H](C)OCCC(C)C)C2. The highest BCUT2D eigenvalue weighted by molar-refractivity contribution is 5.80. The van der Waals surface area contributed by atoms with Gasteiger partial charge in [0, 0.05) is 19.7 Å². The molecule has 0 bridgehead atoms. The molecule has 1 aliphatic rings. The number of ether oxygens (including phenoxy) is 1. The van der Waals surface area contributed by atoms with Gasteiger partial charge in [0.1, 0.15) is 11.9 Å². The molecule has 1 aliphatic heterocycles. The summed E-state index contributed by atoms with van der Waals surface area (Å²) in [6, 6.07) is 0. The minimum atomic E-state index is -0.385. The molecule has 0 N–H and O–H groups in total. The van der Waals surface area contributed by atoms with Crippen molar-refractivity contribution in [2.45, 2.75) is 53.3 Å². The molecule has 2 heterocycles. The van der Waals surface area contributed by atoms with Crippen LogP contribution in [-0.4, -0.2) is 44.8 Å². The van der Waals surface area contributed by atoms with Crippen molar-refractivity contribution in [1.29, 1.82) is 0 Å². The predicted octanol–water partition coefficient (Wildman–Crippen LogP) is 1.38. The van der Waals surface area contributed by atoms with Crippen LogP contribution in [0.4, 0.5) is 0 Å². The van der Waals surface area contributed by atoms with E-state index in [9.17, 15) is 4.79 Å². The number of amides is 1. The van der Waals surface area contributed by atoms with Gasteiger partial charge < -0.3 is 14.2 Å². The standard InChI is InChI=1S/C14H24N4O2/c1-10(2)5-8-20-11(3)14(19)17-6-7-18-12(4)15-16-13(18)9-17/h10-11H,5-9H2,1-4H3/t11-/m1/s1. The first kappa shape index (κ1) is 15.0. The van der Waals surface area contributed by atoms with Crippen molar-refractivity contribution in [2.75, 3.05) is 13.2 Å². The van der Waals surface area contributed by atoms with E-state index in [1.165, 1.54) is 0 Å². The van der Waals surface area contributed by atoms with Crippen LogP contribution in [0.15, 0.2) is 0 Å². The Labute approximate surface area is 120 Å². The van der Waals surface area contributed by atoms with Gasteiger partial charge in [0.15, 0.2) is 5.82 Å². The number of aryl methyl sites for hydroxylation is 1. The van der Waals surface area contributed by atoms with Crippen LogP contribution in [0.3, 0.4) is 0 Å². The minimum absolute atomic E-state index is 0.0423. The van der Waals surface area contributed by atoms with E-state index in [2.05, 4.69) is 28.6 Å². The van der Waals surface area contributed by atoms with Gasteiger partial charge in [-0.25, -0.2) is 0 Å². The maximum Gasteiger partial charge on any atom is 0.251 e. The molecule has 0 radical (unpaired) electrons. The largest absolute Gasteiger partial charge is 0.369 e. The molecule has 112 valence electrons. The Morgan fingerprint density at radius 1 is 1.30 bits per heavy atom. The lowest BCUT2D eigenvalue weighted by molar-refractivity contribution is -0.144. The van der Waals surface area contributed by atoms with Crippen LogP contribution >= 0.6 is 0 Å². The molecule has 1 aromatic heterocycles. The Bertz CT molecular complexity index is 470. The van der Waals surface area contributed by atoms with Crippen molar-refractivity contribution in [3.05, 3.63) is 11.6 Å². The Hall–Kier alpha value is -1.43. The molecule has 20 heavy (non-hydrogen) atoms. The van der Waals surface area contributed by atoms with E-state index in [0.717, 1.165) is 24.6 Å². The zero-order chi connectivity index (χ0) is 14.7. The average Bonchev–Trinajstić information content (AvgIpc) is 2.78. The molecule has 2 rings (SSSR count). The number of aromatic nitrogens is 3. The topological polar surface area (TPSA) is 60.2 Å². The van der Waals surface area contributed by atoms with Gasteiger partial charge in [-0.2, -0.15) is 0 Å². The fraction of sp³-hybridized carbons (Fsp3) is 0.786. The summed E-state index contributed by atoms with van der Waals surface area (Å²) in [5, 5.41) is 8.16. The summed E-state index contributed by atoms with van der Waals surface area (Å²) in [5.74, 6) is 2.40. The first-order valence-electron chi connectivity index (χ1n) is 7.28. The van der Waals surface area contributed by atoms with Gasteiger partial charge in [-0.05, 0) is 26.2 Å². The van der Waals surface area contributed by atoms with Crippen LogP contribution in [0.25, 0.3) is 0 Å². The number of hydrogen-bond acceptors (Lipinski definition) is 4. The first-order valence-corrected chi connectivity index (χ1v) is 7.28. The summed E-state index contributed by atoms with van der Waals surface area (Å²) in [7, 11) is 0. The zero-order valence-corrected chi connectivity index (χ0v) is 12.8. The molecule has 0 fully saturated rings. The van der Waals surface area contributed by atoms with Gasteiger partial charge in [-0.3, -0.25) is 4.79 Å². The van der Waals surface area contributed by atoms with Crippen molar-refractivity contribution < 1.29 is 9.53 Å². The summed E-state index contributed by atoms with van der Waals surface area (Å²) in [6.07, 6.45) is 0.592. The van der Waals surface area contributed by atoms with E-state index in [-0.39, 0.29) is 12.0 Å². The lowest BCUT2D eigenvalue weighted by Gasteiger charge is -2.29. The maximum atomic E-state index is 12.3. The second kappa shape index (κ2) is 6.35. The molecular formula is C14H24N4O2. The smallest absolute Gasteiger partial charge is 0.251 e. The number of carbonyl (C=O) groups is 1. The second-order valence-corrected chi connectivity index (χ2v) is 5.77. The maximum absolute atomic E-state index is 12.3. The van der Waals surface area contributed by atoms with Crippen LogP contribution < -0.4 is 0 Å². The third-order valence-electron chi connectivity index (χ3n) is 3.66. The lowest BCUT2D eigenvalue weighted by Crippen LogP contribution is -2.43. The third kappa shape index (κ3) is 3.36. The van der Waals surface area contributed by atoms with Crippen molar-refractivity contribution in [2.24, 2.45) is 5.92 Å². The molecule has 1 amide bonds. The molecule has 0 spiro atoms. The number of rotatable bonds is 5. The second-order valence-electron chi connectivity index (χ2n) is 5.77. The summed E-state index contributed by atoms with van der Waals surface area (Å²) in [4.78, 5) is 14.1. The quantitative estimate of drug-likeness (QED) is 0.817. The van der Waals surface area contributed by atoms with Crippen molar-refractivity contribution >= 4 is 5.91 Å². The summed E-state index contributed by atoms with van der Waals surface area (Å²) >= 11 is 0. The molecule has 0 unspecified atom stereocenters. The van der Waals surface area contributed by atoms with E-state index in [0.29, 0.717) is 25.6 Å². The highest BCUT2D eigenvalue weighted by atomic mass is 16.5. The van der Waals surface area contributed by atoms with E-state index in [1.54, 1.807) is 0 Å². The van der Waals surface area contributed by atoms with Crippen LogP contribution in [-0.2, 0) is 22.6 Å². The van der Waals surface area contributed by atoms with Crippen LogP contribution in [0.2, 0.25) is 0 Å². The van der Waals surface area contributed by atoms with Crippen LogP contribution in [0, 0.1) is 12.8 Å². The molecule has 0 aliphatic carbocycles. The van der Waals surface area contributed by atoms with E-state index < -0.39 is 0 Å². The summed E-state index contributed by atoms with van der Waals surface area (Å²) in [5.41, 5.74) is 0. The fourth-order valence-corrected chi connectivity index (χ4v) is 2.30. The fourth-order valence-electron chi connectivity index (χ4n) is 2.30. The number of carbonyl (C=O) groups excluding carboxylic acids is 1. The number of nitrogens with zero attached hydrogens (tertiary/aromatic N) is 4. The van der Waals surface area contributed by atoms with Crippen molar-refractivity contribution in [3.8, 4) is 0 Å². The van der Waals surface area contributed by atoms with E-state index in [1.807, 2.05) is 18.7 Å². The number of hydrogen-bond donors (Lipinski definition) is 0. The number of fused-ring (bicyclic) bond motifs is 1. The Morgan fingerprint density at radius 2 is 2.05 bits per heavy atom. The molecule has 0 saturated carbocycles. The molecule has 1 aromatic rings. The predicted molar refractivity (Wildman–Crippen MR) is 75.0 cm³/mol. The van der Waals surface area contributed by atoms with Gasteiger partial charge in [-0.1, -0.05) is 13.8 Å². The van der Waals surface area contributed by atoms with Crippen LogP contribution in [0.5, 0.6) is 0 Å². The Balaban J connectivity index is 1.87. The van der Waals surface area contributed by atoms with Crippen LogP contribution in [0.1, 0.15) is 38.8 Å².